The minimum absolute atomic E-state index is 0.0427. The average Bonchev–Trinajstić information content (AvgIpc) is 2.90. The van der Waals surface area contributed by atoms with E-state index in [4.69, 9.17) is 9.15 Å². The summed E-state index contributed by atoms with van der Waals surface area (Å²) in [5.74, 6) is -0.220. The number of amides is 1. The van der Waals surface area contributed by atoms with Gasteiger partial charge in [0.25, 0.3) is 5.91 Å². The molecule has 0 aromatic carbocycles. The molecule has 18 heavy (non-hydrogen) atoms. The smallest absolute Gasteiger partial charge is 0.309 e. The van der Waals surface area contributed by atoms with Gasteiger partial charge in [-0.2, -0.15) is 0 Å². The minimum Gasteiger partial charge on any atom is -0.472 e. The van der Waals surface area contributed by atoms with Gasteiger partial charge in [-0.05, 0) is 18.4 Å². The SMILES string of the molecule is COC(=O)[C@@H]1CCN(C(=O)c2ccoc2)C[C@@H]1C. The van der Waals surface area contributed by atoms with E-state index in [0.29, 0.717) is 25.1 Å². The van der Waals surface area contributed by atoms with E-state index in [9.17, 15) is 9.59 Å². The number of likely N-dealkylation sites (tertiary alicyclic amines) is 1. The van der Waals surface area contributed by atoms with Crippen molar-refractivity contribution in [2.24, 2.45) is 11.8 Å². The number of nitrogens with zero attached hydrogens (tertiary/aromatic N) is 1. The summed E-state index contributed by atoms with van der Waals surface area (Å²) in [5, 5.41) is 0. The van der Waals surface area contributed by atoms with Gasteiger partial charge >= 0.3 is 5.97 Å². The molecule has 0 spiro atoms. The second-order valence-corrected chi connectivity index (χ2v) is 4.66. The number of hydrogen-bond acceptors (Lipinski definition) is 4. The van der Waals surface area contributed by atoms with Gasteiger partial charge in [0.2, 0.25) is 0 Å². The van der Waals surface area contributed by atoms with Crippen molar-refractivity contribution < 1.29 is 18.7 Å². The Balaban J connectivity index is 2.00. The molecule has 98 valence electrons. The van der Waals surface area contributed by atoms with Crippen LogP contribution < -0.4 is 0 Å². The molecule has 5 heteroatoms. The molecule has 1 aromatic heterocycles. The summed E-state index contributed by atoms with van der Waals surface area (Å²) in [4.78, 5) is 25.4. The number of carbonyl (C=O) groups is 2. The number of esters is 1. The van der Waals surface area contributed by atoms with Gasteiger partial charge in [-0.1, -0.05) is 6.92 Å². The quantitative estimate of drug-likeness (QED) is 0.748. The van der Waals surface area contributed by atoms with Gasteiger partial charge < -0.3 is 14.1 Å². The highest BCUT2D eigenvalue weighted by Gasteiger charge is 2.34. The van der Waals surface area contributed by atoms with Gasteiger partial charge in [0, 0.05) is 13.1 Å². The van der Waals surface area contributed by atoms with Crippen LogP contribution >= 0.6 is 0 Å². The molecule has 0 saturated carbocycles. The molecule has 1 aliphatic heterocycles. The van der Waals surface area contributed by atoms with Crippen molar-refractivity contribution in [3.8, 4) is 0 Å². The molecule has 1 aromatic rings. The fraction of sp³-hybridized carbons (Fsp3) is 0.538. The maximum absolute atomic E-state index is 12.1. The first kappa shape index (κ1) is 12.7. The van der Waals surface area contributed by atoms with Crippen LogP contribution in [0.1, 0.15) is 23.7 Å². The second kappa shape index (κ2) is 5.25. The van der Waals surface area contributed by atoms with Crippen LogP contribution in [0, 0.1) is 11.8 Å². The van der Waals surface area contributed by atoms with Crippen LogP contribution in [0.15, 0.2) is 23.0 Å². The molecule has 0 radical (unpaired) electrons. The summed E-state index contributed by atoms with van der Waals surface area (Å²) >= 11 is 0. The van der Waals surface area contributed by atoms with Crippen molar-refractivity contribution in [1.82, 2.24) is 4.90 Å². The zero-order chi connectivity index (χ0) is 13.1. The van der Waals surface area contributed by atoms with Crippen LogP contribution in [0.25, 0.3) is 0 Å². The zero-order valence-corrected chi connectivity index (χ0v) is 10.6. The highest BCUT2D eigenvalue weighted by Crippen LogP contribution is 2.25. The Morgan fingerprint density at radius 1 is 1.50 bits per heavy atom. The molecule has 1 aliphatic rings. The Labute approximate surface area is 106 Å². The first-order valence-electron chi connectivity index (χ1n) is 6.02. The van der Waals surface area contributed by atoms with Crippen LogP contribution in [0.3, 0.4) is 0 Å². The van der Waals surface area contributed by atoms with Gasteiger partial charge in [-0.15, -0.1) is 0 Å². The molecule has 5 nitrogen and oxygen atoms in total. The number of furan rings is 1. The molecule has 2 atom stereocenters. The van der Waals surface area contributed by atoms with Gasteiger partial charge in [0.05, 0.1) is 24.9 Å². The van der Waals surface area contributed by atoms with Crippen LogP contribution in [0.5, 0.6) is 0 Å². The first-order valence-corrected chi connectivity index (χ1v) is 6.02. The zero-order valence-electron chi connectivity index (χ0n) is 10.6. The number of ether oxygens (including phenoxy) is 1. The third-order valence-corrected chi connectivity index (χ3v) is 3.46. The Morgan fingerprint density at radius 2 is 2.28 bits per heavy atom. The molecule has 0 N–H and O–H groups in total. The summed E-state index contributed by atoms with van der Waals surface area (Å²) < 4.78 is 9.68. The van der Waals surface area contributed by atoms with E-state index >= 15 is 0 Å². The van der Waals surface area contributed by atoms with E-state index in [0.717, 1.165) is 0 Å². The molecule has 1 amide bonds. The third-order valence-electron chi connectivity index (χ3n) is 3.46. The Bertz CT molecular complexity index is 426. The highest BCUT2D eigenvalue weighted by atomic mass is 16.5. The van der Waals surface area contributed by atoms with E-state index < -0.39 is 0 Å². The van der Waals surface area contributed by atoms with Gasteiger partial charge in [0.15, 0.2) is 0 Å². The molecule has 2 rings (SSSR count). The number of hydrogen-bond donors (Lipinski definition) is 0. The van der Waals surface area contributed by atoms with E-state index in [1.165, 1.54) is 19.6 Å². The largest absolute Gasteiger partial charge is 0.472 e. The lowest BCUT2D eigenvalue weighted by molar-refractivity contribution is -0.148. The van der Waals surface area contributed by atoms with Crippen molar-refractivity contribution in [1.29, 1.82) is 0 Å². The fourth-order valence-electron chi connectivity index (χ4n) is 2.40. The highest BCUT2D eigenvalue weighted by molar-refractivity contribution is 5.94. The number of piperidine rings is 1. The van der Waals surface area contributed by atoms with Crippen LogP contribution in [-0.2, 0) is 9.53 Å². The van der Waals surface area contributed by atoms with Crippen molar-refractivity contribution in [3.05, 3.63) is 24.2 Å². The Morgan fingerprint density at radius 3 is 2.83 bits per heavy atom. The monoisotopic (exact) mass is 251 g/mol. The predicted octanol–water partition coefficient (Wildman–Crippen LogP) is 1.55. The molecule has 1 fully saturated rings. The Hall–Kier alpha value is -1.78. The van der Waals surface area contributed by atoms with Crippen LogP contribution in [0.4, 0.5) is 0 Å². The van der Waals surface area contributed by atoms with Gasteiger partial charge in [0.1, 0.15) is 6.26 Å². The third kappa shape index (κ3) is 2.39. The lowest BCUT2D eigenvalue weighted by atomic mass is 9.87. The van der Waals surface area contributed by atoms with Gasteiger partial charge in [-0.3, -0.25) is 9.59 Å². The fourth-order valence-corrected chi connectivity index (χ4v) is 2.40. The van der Waals surface area contributed by atoms with Crippen LogP contribution in [-0.4, -0.2) is 37.0 Å². The lowest BCUT2D eigenvalue weighted by Gasteiger charge is -2.35. The average molecular weight is 251 g/mol. The van der Waals surface area contributed by atoms with Gasteiger partial charge in [-0.25, -0.2) is 0 Å². The lowest BCUT2D eigenvalue weighted by Crippen LogP contribution is -2.45. The maximum atomic E-state index is 12.1. The number of carbonyl (C=O) groups excluding carboxylic acids is 2. The van der Waals surface area contributed by atoms with Crippen molar-refractivity contribution in [3.63, 3.8) is 0 Å². The van der Waals surface area contributed by atoms with E-state index in [2.05, 4.69) is 0 Å². The van der Waals surface area contributed by atoms with Crippen molar-refractivity contribution in [2.75, 3.05) is 20.2 Å². The standard InChI is InChI=1S/C13H17NO4/c1-9-7-14(5-3-11(9)13(16)17-2)12(15)10-4-6-18-8-10/h4,6,8-9,11H,3,5,7H2,1-2H3/t9-,11+/m0/s1. The predicted molar refractivity (Wildman–Crippen MR) is 63.9 cm³/mol. The molecule has 1 saturated heterocycles. The van der Waals surface area contributed by atoms with Crippen molar-refractivity contribution >= 4 is 11.9 Å². The maximum Gasteiger partial charge on any atom is 0.309 e. The molecule has 0 unspecified atom stereocenters. The first-order chi connectivity index (χ1) is 8.63. The topological polar surface area (TPSA) is 59.8 Å². The number of methoxy groups -OCH3 is 1. The van der Waals surface area contributed by atoms with E-state index in [1.54, 1.807) is 11.0 Å². The molecular formula is C13H17NO4. The molecular weight excluding hydrogens is 234 g/mol. The summed E-state index contributed by atoms with van der Waals surface area (Å²) in [7, 11) is 1.40. The molecule has 2 heterocycles. The summed E-state index contributed by atoms with van der Waals surface area (Å²) in [6.07, 6.45) is 3.58. The summed E-state index contributed by atoms with van der Waals surface area (Å²) in [5.41, 5.74) is 0.554. The summed E-state index contributed by atoms with van der Waals surface area (Å²) in [6.45, 7) is 3.12. The van der Waals surface area contributed by atoms with Crippen molar-refractivity contribution in [2.45, 2.75) is 13.3 Å². The summed E-state index contributed by atoms with van der Waals surface area (Å²) in [6, 6.07) is 1.65. The molecule has 0 aliphatic carbocycles. The van der Waals surface area contributed by atoms with E-state index in [-0.39, 0.29) is 23.7 Å². The second-order valence-electron chi connectivity index (χ2n) is 4.66. The normalized spacial score (nSPS) is 23.8. The Kier molecular flexibility index (Phi) is 3.69. The number of rotatable bonds is 2. The van der Waals surface area contributed by atoms with Crippen LogP contribution in [0.2, 0.25) is 0 Å². The molecule has 0 bridgehead atoms. The van der Waals surface area contributed by atoms with E-state index in [1.807, 2.05) is 6.92 Å². The minimum atomic E-state index is -0.182.